The largest absolute Gasteiger partial charge is 0.493 e. The average molecular weight is 348 g/mol. The maximum atomic E-state index is 12.1. The van der Waals surface area contributed by atoms with Crippen LogP contribution in [-0.2, 0) is 4.74 Å². The molecule has 0 aromatic heterocycles. The van der Waals surface area contributed by atoms with Gasteiger partial charge >= 0.3 is 5.97 Å². The number of hydrogen-bond acceptors (Lipinski definition) is 4. The van der Waals surface area contributed by atoms with Gasteiger partial charge in [0.25, 0.3) is 0 Å². The molecule has 0 amide bonds. The van der Waals surface area contributed by atoms with Crippen molar-refractivity contribution in [2.75, 3.05) is 13.7 Å². The molecule has 26 heavy (non-hydrogen) atoms. The molecule has 4 heteroatoms. The van der Waals surface area contributed by atoms with E-state index in [4.69, 9.17) is 14.2 Å². The predicted octanol–water partition coefficient (Wildman–Crippen LogP) is 5.33. The summed E-state index contributed by atoms with van der Waals surface area (Å²) in [6.45, 7) is 2.12. The topological polar surface area (TPSA) is 44.8 Å². The van der Waals surface area contributed by atoms with E-state index in [1.54, 1.807) is 32.2 Å². The number of ether oxygens (including phenoxy) is 3. The Morgan fingerprint density at radius 1 is 0.846 bits per heavy atom. The second-order valence-electron chi connectivity index (χ2n) is 5.55. The SMILES string of the molecule is CCOC(=O)c1ccc(Oc2ccccc2OC)c(-c2ccccc2)c1. The van der Waals surface area contributed by atoms with Crippen molar-refractivity contribution in [3.8, 4) is 28.4 Å². The summed E-state index contributed by atoms with van der Waals surface area (Å²) in [6.07, 6.45) is 0. The number of hydrogen-bond donors (Lipinski definition) is 0. The highest BCUT2D eigenvalue weighted by molar-refractivity contribution is 5.92. The lowest BCUT2D eigenvalue weighted by Gasteiger charge is -2.15. The Labute approximate surface area is 153 Å². The van der Waals surface area contributed by atoms with Gasteiger partial charge in [0.05, 0.1) is 19.3 Å². The van der Waals surface area contributed by atoms with E-state index >= 15 is 0 Å². The molecule has 0 spiro atoms. The van der Waals surface area contributed by atoms with Gasteiger partial charge in [-0.15, -0.1) is 0 Å². The maximum absolute atomic E-state index is 12.1. The summed E-state index contributed by atoms with van der Waals surface area (Å²) in [6, 6.07) is 22.5. The molecule has 0 unspecified atom stereocenters. The monoisotopic (exact) mass is 348 g/mol. The van der Waals surface area contributed by atoms with Crippen LogP contribution in [-0.4, -0.2) is 19.7 Å². The lowest BCUT2D eigenvalue weighted by molar-refractivity contribution is 0.0526. The third-order valence-corrected chi connectivity index (χ3v) is 3.86. The molecule has 0 aliphatic rings. The first kappa shape index (κ1) is 17.5. The fraction of sp³-hybridized carbons (Fsp3) is 0.136. The Morgan fingerprint density at radius 2 is 1.54 bits per heavy atom. The first-order valence-electron chi connectivity index (χ1n) is 8.40. The van der Waals surface area contributed by atoms with Crippen LogP contribution < -0.4 is 9.47 Å². The molecule has 0 aliphatic carbocycles. The first-order valence-corrected chi connectivity index (χ1v) is 8.40. The Hall–Kier alpha value is -3.27. The van der Waals surface area contributed by atoms with Crippen LogP contribution in [0.25, 0.3) is 11.1 Å². The molecular weight excluding hydrogens is 328 g/mol. The molecule has 3 aromatic rings. The molecule has 132 valence electrons. The Balaban J connectivity index is 2.05. The van der Waals surface area contributed by atoms with Crippen LogP contribution in [0.3, 0.4) is 0 Å². The maximum Gasteiger partial charge on any atom is 0.338 e. The molecule has 0 fully saturated rings. The molecule has 4 nitrogen and oxygen atoms in total. The summed E-state index contributed by atoms with van der Waals surface area (Å²) in [7, 11) is 1.60. The summed E-state index contributed by atoms with van der Waals surface area (Å²) < 4.78 is 16.6. The second-order valence-corrected chi connectivity index (χ2v) is 5.55. The van der Waals surface area contributed by atoms with Crippen molar-refractivity contribution in [3.63, 3.8) is 0 Å². The lowest BCUT2D eigenvalue weighted by Crippen LogP contribution is -2.05. The van der Waals surface area contributed by atoms with Crippen molar-refractivity contribution in [1.29, 1.82) is 0 Å². The van der Waals surface area contributed by atoms with Crippen molar-refractivity contribution in [2.24, 2.45) is 0 Å². The highest BCUT2D eigenvalue weighted by atomic mass is 16.5. The van der Waals surface area contributed by atoms with E-state index in [9.17, 15) is 4.79 Å². The normalized spacial score (nSPS) is 10.2. The summed E-state index contributed by atoms with van der Waals surface area (Å²) >= 11 is 0. The molecule has 0 aliphatic heterocycles. The van der Waals surface area contributed by atoms with E-state index < -0.39 is 0 Å². The van der Waals surface area contributed by atoms with Crippen molar-refractivity contribution in [1.82, 2.24) is 0 Å². The molecule has 0 radical (unpaired) electrons. The highest BCUT2D eigenvalue weighted by Gasteiger charge is 2.14. The molecule has 0 atom stereocenters. The minimum Gasteiger partial charge on any atom is -0.493 e. The molecule has 3 rings (SSSR count). The molecule has 0 N–H and O–H groups in total. The van der Waals surface area contributed by atoms with Crippen LogP contribution in [0.5, 0.6) is 17.2 Å². The molecule has 0 saturated heterocycles. The van der Waals surface area contributed by atoms with E-state index in [1.807, 2.05) is 54.6 Å². The first-order chi connectivity index (χ1) is 12.7. The van der Waals surface area contributed by atoms with Crippen LogP contribution in [0.4, 0.5) is 0 Å². The number of methoxy groups -OCH3 is 1. The Kier molecular flexibility index (Phi) is 5.54. The van der Waals surface area contributed by atoms with Gasteiger partial charge in [0.1, 0.15) is 5.75 Å². The number of benzene rings is 3. The van der Waals surface area contributed by atoms with Crippen molar-refractivity contribution >= 4 is 5.97 Å². The third kappa shape index (κ3) is 3.86. The van der Waals surface area contributed by atoms with Gasteiger partial charge < -0.3 is 14.2 Å². The van der Waals surface area contributed by atoms with Crippen molar-refractivity contribution < 1.29 is 19.0 Å². The summed E-state index contributed by atoms with van der Waals surface area (Å²) in [4.78, 5) is 12.1. The number of para-hydroxylation sites is 2. The van der Waals surface area contributed by atoms with Gasteiger partial charge in [-0.2, -0.15) is 0 Å². The smallest absolute Gasteiger partial charge is 0.338 e. The van der Waals surface area contributed by atoms with Gasteiger partial charge in [0, 0.05) is 5.56 Å². The number of esters is 1. The lowest BCUT2D eigenvalue weighted by atomic mass is 10.0. The number of carbonyl (C=O) groups excluding carboxylic acids is 1. The molecule has 3 aromatic carbocycles. The highest BCUT2D eigenvalue weighted by Crippen LogP contribution is 2.37. The Bertz CT molecular complexity index is 888. The predicted molar refractivity (Wildman–Crippen MR) is 101 cm³/mol. The van der Waals surface area contributed by atoms with Crippen LogP contribution in [0.1, 0.15) is 17.3 Å². The van der Waals surface area contributed by atoms with E-state index in [1.165, 1.54) is 0 Å². The molecular formula is C22H20O4. The molecule has 0 heterocycles. The van der Waals surface area contributed by atoms with Gasteiger partial charge in [-0.1, -0.05) is 42.5 Å². The quantitative estimate of drug-likeness (QED) is 0.565. The van der Waals surface area contributed by atoms with Gasteiger partial charge in [0.2, 0.25) is 0 Å². The average Bonchev–Trinajstić information content (AvgIpc) is 2.69. The molecule has 0 saturated carbocycles. The van der Waals surface area contributed by atoms with E-state index in [0.717, 1.165) is 11.1 Å². The second kappa shape index (κ2) is 8.21. The standard InChI is InChI=1S/C22H20O4/c1-3-25-22(23)17-13-14-19(18(15-17)16-9-5-4-6-10-16)26-21-12-8-7-11-20(21)24-2/h4-15H,3H2,1-2H3. The zero-order chi connectivity index (χ0) is 18.4. The van der Waals surface area contributed by atoms with Crippen molar-refractivity contribution in [3.05, 3.63) is 78.4 Å². The minimum atomic E-state index is -0.353. The van der Waals surface area contributed by atoms with E-state index in [0.29, 0.717) is 29.4 Å². The fourth-order valence-electron chi connectivity index (χ4n) is 2.63. The summed E-state index contributed by atoms with van der Waals surface area (Å²) in [5, 5.41) is 0. The van der Waals surface area contributed by atoms with E-state index in [-0.39, 0.29) is 5.97 Å². The molecule has 0 bridgehead atoms. The zero-order valence-corrected chi connectivity index (χ0v) is 14.8. The van der Waals surface area contributed by atoms with Gasteiger partial charge in [0.15, 0.2) is 11.5 Å². The van der Waals surface area contributed by atoms with Crippen LogP contribution >= 0.6 is 0 Å². The van der Waals surface area contributed by atoms with E-state index in [2.05, 4.69) is 0 Å². The van der Waals surface area contributed by atoms with Gasteiger partial charge in [-0.05, 0) is 42.8 Å². The van der Waals surface area contributed by atoms with Crippen LogP contribution in [0, 0.1) is 0 Å². The summed E-state index contributed by atoms with van der Waals surface area (Å²) in [5.41, 5.74) is 2.24. The van der Waals surface area contributed by atoms with Crippen LogP contribution in [0.15, 0.2) is 72.8 Å². The minimum absolute atomic E-state index is 0.332. The fourth-order valence-corrected chi connectivity index (χ4v) is 2.63. The number of rotatable bonds is 6. The Morgan fingerprint density at radius 3 is 2.23 bits per heavy atom. The van der Waals surface area contributed by atoms with Gasteiger partial charge in [-0.25, -0.2) is 4.79 Å². The number of carbonyl (C=O) groups is 1. The van der Waals surface area contributed by atoms with Crippen LogP contribution in [0.2, 0.25) is 0 Å². The summed E-state index contributed by atoms with van der Waals surface area (Å²) in [5.74, 6) is 1.53. The third-order valence-electron chi connectivity index (χ3n) is 3.86. The zero-order valence-electron chi connectivity index (χ0n) is 14.8. The van der Waals surface area contributed by atoms with Gasteiger partial charge in [-0.3, -0.25) is 0 Å². The van der Waals surface area contributed by atoms with Crippen molar-refractivity contribution in [2.45, 2.75) is 6.92 Å².